The van der Waals surface area contributed by atoms with E-state index in [-0.39, 0.29) is 12.5 Å². The van der Waals surface area contributed by atoms with E-state index >= 15 is 0 Å². The Morgan fingerprint density at radius 1 is 1.30 bits per heavy atom. The Labute approximate surface area is 121 Å². The highest BCUT2D eigenvalue weighted by Crippen LogP contribution is 2.20. The lowest BCUT2D eigenvalue weighted by atomic mass is 9.95. The number of carbonyl (C=O) groups excluding carboxylic acids is 1. The molecule has 1 aromatic rings. The second kappa shape index (κ2) is 7.32. The third kappa shape index (κ3) is 4.55. The molecule has 0 atom stereocenters. The average molecular weight is 275 g/mol. The van der Waals surface area contributed by atoms with E-state index in [1.807, 2.05) is 18.2 Å². The summed E-state index contributed by atoms with van der Waals surface area (Å²) in [6.07, 6.45) is 5.96. The molecule has 1 saturated carbocycles. The van der Waals surface area contributed by atoms with Gasteiger partial charge in [-0.15, -0.1) is 0 Å². The Balaban J connectivity index is 1.79. The Morgan fingerprint density at radius 2 is 2.05 bits per heavy atom. The third-order valence-corrected chi connectivity index (χ3v) is 3.86. The number of ether oxygens (including phenoxy) is 1. The molecule has 0 heterocycles. The summed E-state index contributed by atoms with van der Waals surface area (Å²) in [6, 6.07) is 8.32. The molecule has 1 fully saturated rings. The molecule has 2 rings (SSSR count). The Bertz CT molecular complexity index is 436. The molecule has 0 unspecified atom stereocenters. The minimum absolute atomic E-state index is 0.00755. The maximum absolute atomic E-state index is 11.9. The van der Waals surface area contributed by atoms with Crippen LogP contribution in [0.4, 0.5) is 0 Å². The van der Waals surface area contributed by atoms with E-state index in [4.69, 9.17) is 4.74 Å². The van der Waals surface area contributed by atoms with Gasteiger partial charge in [0.1, 0.15) is 5.75 Å². The van der Waals surface area contributed by atoms with Gasteiger partial charge in [0.15, 0.2) is 6.61 Å². The molecule has 0 aliphatic heterocycles. The first-order chi connectivity index (χ1) is 9.65. The van der Waals surface area contributed by atoms with Gasteiger partial charge in [0.25, 0.3) is 5.91 Å². The quantitative estimate of drug-likeness (QED) is 0.891. The van der Waals surface area contributed by atoms with Crippen molar-refractivity contribution >= 4 is 5.91 Å². The van der Waals surface area contributed by atoms with Crippen LogP contribution in [0.25, 0.3) is 0 Å². The fourth-order valence-electron chi connectivity index (χ4n) is 2.63. The van der Waals surface area contributed by atoms with Crippen LogP contribution in [0.15, 0.2) is 24.3 Å². The van der Waals surface area contributed by atoms with Gasteiger partial charge in [-0.25, -0.2) is 0 Å². The molecule has 3 heteroatoms. The maximum Gasteiger partial charge on any atom is 0.258 e. The first-order valence-electron chi connectivity index (χ1n) is 7.67. The van der Waals surface area contributed by atoms with Gasteiger partial charge in [-0.1, -0.05) is 45.2 Å². The van der Waals surface area contributed by atoms with Crippen LogP contribution in [0.1, 0.15) is 57.4 Å². The smallest absolute Gasteiger partial charge is 0.258 e. The monoisotopic (exact) mass is 275 g/mol. The molecule has 0 radical (unpaired) electrons. The molecule has 0 bridgehead atoms. The number of nitrogens with one attached hydrogen (secondary N) is 1. The molecular weight excluding hydrogens is 250 g/mol. The van der Waals surface area contributed by atoms with Gasteiger partial charge in [-0.05, 0) is 36.5 Å². The lowest BCUT2D eigenvalue weighted by molar-refractivity contribution is -0.124. The predicted molar refractivity (Wildman–Crippen MR) is 81.0 cm³/mol. The molecular formula is C17H25NO2. The lowest BCUT2D eigenvalue weighted by Gasteiger charge is -2.22. The molecule has 1 aliphatic carbocycles. The average Bonchev–Trinajstić information content (AvgIpc) is 2.46. The lowest BCUT2D eigenvalue weighted by Crippen LogP contribution is -2.38. The zero-order valence-electron chi connectivity index (χ0n) is 12.5. The van der Waals surface area contributed by atoms with E-state index in [9.17, 15) is 4.79 Å². The predicted octanol–water partition coefficient (Wildman–Crippen LogP) is 3.64. The first-order valence-corrected chi connectivity index (χ1v) is 7.67. The molecule has 0 saturated heterocycles. The van der Waals surface area contributed by atoms with Crippen molar-refractivity contribution in [3.05, 3.63) is 29.8 Å². The van der Waals surface area contributed by atoms with E-state index < -0.39 is 0 Å². The summed E-state index contributed by atoms with van der Waals surface area (Å²) < 4.78 is 5.59. The minimum atomic E-state index is -0.00755. The largest absolute Gasteiger partial charge is 0.484 e. The van der Waals surface area contributed by atoms with Crippen LogP contribution in [0.2, 0.25) is 0 Å². The van der Waals surface area contributed by atoms with Crippen molar-refractivity contribution in [1.82, 2.24) is 5.32 Å². The first kappa shape index (κ1) is 14.9. The SMILES string of the molecule is CC(C)c1cccc(OCC(=O)NC2CCCCC2)c1. The van der Waals surface area contributed by atoms with Crippen molar-refractivity contribution in [2.75, 3.05) is 6.61 Å². The summed E-state index contributed by atoms with van der Waals surface area (Å²) in [5, 5.41) is 3.06. The summed E-state index contributed by atoms with van der Waals surface area (Å²) in [6.45, 7) is 4.40. The van der Waals surface area contributed by atoms with Crippen LogP contribution in [0, 0.1) is 0 Å². The van der Waals surface area contributed by atoms with Crippen LogP contribution in [-0.2, 0) is 4.79 Å². The Morgan fingerprint density at radius 3 is 2.75 bits per heavy atom. The molecule has 1 amide bonds. The Kier molecular flexibility index (Phi) is 5.45. The molecule has 1 aliphatic rings. The highest BCUT2D eigenvalue weighted by atomic mass is 16.5. The molecule has 1 aromatic carbocycles. The van der Waals surface area contributed by atoms with Gasteiger partial charge in [-0.2, -0.15) is 0 Å². The number of carbonyl (C=O) groups is 1. The minimum Gasteiger partial charge on any atom is -0.484 e. The van der Waals surface area contributed by atoms with Crippen LogP contribution in [0.5, 0.6) is 5.75 Å². The van der Waals surface area contributed by atoms with Gasteiger partial charge in [0.05, 0.1) is 0 Å². The van der Waals surface area contributed by atoms with Gasteiger partial charge in [0.2, 0.25) is 0 Å². The molecule has 1 N–H and O–H groups in total. The van der Waals surface area contributed by atoms with Crippen molar-refractivity contribution in [3.63, 3.8) is 0 Å². The number of amides is 1. The normalized spacial score (nSPS) is 16.1. The number of rotatable bonds is 5. The highest BCUT2D eigenvalue weighted by molar-refractivity contribution is 5.77. The molecule has 110 valence electrons. The van der Waals surface area contributed by atoms with E-state index in [1.54, 1.807) is 0 Å². The topological polar surface area (TPSA) is 38.3 Å². The summed E-state index contributed by atoms with van der Waals surface area (Å²) in [5.41, 5.74) is 1.23. The zero-order chi connectivity index (χ0) is 14.4. The molecule has 20 heavy (non-hydrogen) atoms. The van der Waals surface area contributed by atoms with Crippen LogP contribution in [-0.4, -0.2) is 18.6 Å². The van der Waals surface area contributed by atoms with E-state index in [0.717, 1.165) is 18.6 Å². The van der Waals surface area contributed by atoms with E-state index in [1.165, 1.54) is 24.8 Å². The number of hydrogen-bond acceptors (Lipinski definition) is 2. The fourth-order valence-corrected chi connectivity index (χ4v) is 2.63. The number of benzene rings is 1. The number of hydrogen-bond donors (Lipinski definition) is 1. The van der Waals surface area contributed by atoms with E-state index in [2.05, 4.69) is 25.2 Å². The molecule has 3 nitrogen and oxygen atoms in total. The van der Waals surface area contributed by atoms with Crippen molar-refractivity contribution < 1.29 is 9.53 Å². The fraction of sp³-hybridized carbons (Fsp3) is 0.588. The van der Waals surface area contributed by atoms with Gasteiger partial charge < -0.3 is 10.1 Å². The Hall–Kier alpha value is -1.51. The summed E-state index contributed by atoms with van der Waals surface area (Å²) in [7, 11) is 0. The third-order valence-electron chi connectivity index (χ3n) is 3.86. The van der Waals surface area contributed by atoms with E-state index in [0.29, 0.717) is 12.0 Å². The van der Waals surface area contributed by atoms with Crippen molar-refractivity contribution in [2.24, 2.45) is 0 Å². The summed E-state index contributed by atoms with van der Waals surface area (Å²) in [4.78, 5) is 11.9. The second-order valence-corrected chi connectivity index (χ2v) is 5.92. The molecule has 0 spiro atoms. The van der Waals surface area contributed by atoms with Gasteiger partial charge in [-0.3, -0.25) is 4.79 Å². The van der Waals surface area contributed by atoms with Gasteiger partial charge >= 0.3 is 0 Å². The summed E-state index contributed by atoms with van der Waals surface area (Å²) in [5.74, 6) is 1.23. The maximum atomic E-state index is 11.9. The van der Waals surface area contributed by atoms with Crippen molar-refractivity contribution in [3.8, 4) is 5.75 Å². The molecule has 0 aromatic heterocycles. The zero-order valence-corrected chi connectivity index (χ0v) is 12.5. The van der Waals surface area contributed by atoms with Crippen LogP contribution < -0.4 is 10.1 Å². The standard InChI is InChI=1S/C17H25NO2/c1-13(2)14-7-6-10-16(11-14)20-12-17(19)18-15-8-4-3-5-9-15/h6-7,10-11,13,15H,3-5,8-9,12H2,1-2H3,(H,18,19). The second-order valence-electron chi connectivity index (χ2n) is 5.92. The van der Waals surface area contributed by atoms with Crippen molar-refractivity contribution in [1.29, 1.82) is 0 Å². The van der Waals surface area contributed by atoms with Crippen molar-refractivity contribution in [2.45, 2.75) is 57.9 Å². The summed E-state index contributed by atoms with van der Waals surface area (Å²) >= 11 is 0. The van der Waals surface area contributed by atoms with Crippen LogP contribution >= 0.6 is 0 Å². The van der Waals surface area contributed by atoms with Crippen LogP contribution in [0.3, 0.4) is 0 Å². The van der Waals surface area contributed by atoms with Gasteiger partial charge in [0, 0.05) is 6.04 Å². The highest BCUT2D eigenvalue weighted by Gasteiger charge is 2.15.